The number of carbonyl (C=O) groups excluding carboxylic acids is 2. The Kier molecular flexibility index (Phi) is 6.93. The van der Waals surface area contributed by atoms with Crippen molar-refractivity contribution in [2.24, 2.45) is 0 Å². The van der Waals surface area contributed by atoms with Gasteiger partial charge in [-0.15, -0.1) is 0 Å². The number of aromatic carboxylic acids is 1. The molecule has 0 fully saturated rings. The van der Waals surface area contributed by atoms with Crippen molar-refractivity contribution in [3.63, 3.8) is 0 Å². The maximum absolute atomic E-state index is 11.6. The predicted octanol–water partition coefficient (Wildman–Crippen LogP) is 3.66. The summed E-state index contributed by atoms with van der Waals surface area (Å²) < 4.78 is 5.70. The first-order valence-corrected chi connectivity index (χ1v) is 8.62. The number of nitrogens with one attached hydrogen (secondary N) is 2. The van der Waals surface area contributed by atoms with Gasteiger partial charge in [0, 0.05) is 24.1 Å². The highest BCUT2D eigenvalue weighted by Crippen LogP contribution is 2.24. The summed E-state index contributed by atoms with van der Waals surface area (Å²) in [6.45, 7) is 3.60. The van der Waals surface area contributed by atoms with Gasteiger partial charge in [0.15, 0.2) is 0 Å². The van der Waals surface area contributed by atoms with Gasteiger partial charge in [0.05, 0.1) is 11.3 Å². The molecule has 3 N–H and O–H groups in total. The van der Waals surface area contributed by atoms with Crippen LogP contribution in [0.3, 0.4) is 0 Å². The second-order valence-electron chi connectivity index (χ2n) is 5.76. The van der Waals surface area contributed by atoms with Gasteiger partial charge >= 0.3 is 5.97 Å². The number of benzene rings is 2. The Hall–Kier alpha value is -3.35. The van der Waals surface area contributed by atoms with E-state index in [-0.39, 0.29) is 36.1 Å². The van der Waals surface area contributed by atoms with E-state index in [1.54, 1.807) is 26.0 Å². The molecule has 0 radical (unpaired) electrons. The molecule has 27 heavy (non-hydrogen) atoms. The quantitative estimate of drug-likeness (QED) is 0.658. The smallest absolute Gasteiger partial charge is 0.337 e. The zero-order valence-corrected chi connectivity index (χ0v) is 15.2. The number of para-hydroxylation sites is 1. The maximum Gasteiger partial charge on any atom is 0.337 e. The molecule has 0 atom stereocenters. The Morgan fingerprint density at radius 3 is 2.19 bits per heavy atom. The van der Waals surface area contributed by atoms with Gasteiger partial charge in [0.2, 0.25) is 11.8 Å². The lowest BCUT2D eigenvalue weighted by molar-refractivity contribution is -0.116. The zero-order valence-electron chi connectivity index (χ0n) is 15.2. The van der Waals surface area contributed by atoms with Crippen LogP contribution in [0, 0.1) is 0 Å². The fraction of sp³-hybridized carbons (Fsp3) is 0.250. The maximum atomic E-state index is 11.6. The Balaban J connectivity index is 2.17. The van der Waals surface area contributed by atoms with Gasteiger partial charge in [-0.2, -0.15) is 0 Å². The second-order valence-corrected chi connectivity index (χ2v) is 5.76. The first-order valence-electron chi connectivity index (χ1n) is 8.62. The van der Waals surface area contributed by atoms with Crippen LogP contribution in [0.2, 0.25) is 0 Å². The van der Waals surface area contributed by atoms with Crippen LogP contribution in [0.1, 0.15) is 42.6 Å². The largest absolute Gasteiger partial charge is 0.489 e. The lowest BCUT2D eigenvalue weighted by Gasteiger charge is -2.13. The molecule has 142 valence electrons. The van der Waals surface area contributed by atoms with Crippen molar-refractivity contribution in [2.45, 2.75) is 33.3 Å². The van der Waals surface area contributed by atoms with Crippen LogP contribution in [0.5, 0.6) is 5.75 Å². The van der Waals surface area contributed by atoms with Gasteiger partial charge in [0.1, 0.15) is 12.4 Å². The highest BCUT2D eigenvalue weighted by Gasteiger charge is 2.14. The lowest BCUT2D eigenvalue weighted by Crippen LogP contribution is -2.13. The van der Waals surface area contributed by atoms with E-state index in [9.17, 15) is 19.5 Å². The molecule has 0 aromatic heterocycles. The molecule has 0 bridgehead atoms. The molecule has 2 amide bonds. The normalized spacial score (nSPS) is 10.1. The molecule has 2 aromatic carbocycles. The first-order chi connectivity index (χ1) is 12.9. The van der Waals surface area contributed by atoms with E-state index in [4.69, 9.17) is 4.74 Å². The summed E-state index contributed by atoms with van der Waals surface area (Å²) in [5.41, 5.74) is 1.58. The topological polar surface area (TPSA) is 105 Å². The van der Waals surface area contributed by atoms with E-state index in [0.29, 0.717) is 17.9 Å². The van der Waals surface area contributed by atoms with Gasteiger partial charge in [0.25, 0.3) is 0 Å². The molecule has 0 heterocycles. The van der Waals surface area contributed by atoms with E-state index >= 15 is 0 Å². The molecule has 2 aromatic rings. The van der Waals surface area contributed by atoms with Gasteiger partial charge in [-0.1, -0.05) is 32.0 Å². The molecular formula is C20H22N2O5. The van der Waals surface area contributed by atoms with E-state index in [1.807, 2.05) is 18.2 Å². The molecule has 0 aliphatic rings. The number of carbonyl (C=O) groups is 3. The van der Waals surface area contributed by atoms with Crippen molar-refractivity contribution < 1.29 is 24.2 Å². The number of anilines is 2. The minimum absolute atomic E-state index is 0.0538. The highest BCUT2D eigenvalue weighted by molar-refractivity contribution is 6.00. The number of amides is 2. The third-order valence-corrected chi connectivity index (χ3v) is 3.82. The summed E-state index contributed by atoms with van der Waals surface area (Å²) in [5, 5.41) is 14.7. The van der Waals surface area contributed by atoms with Crippen LogP contribution < -0.4 is 15.4 Å². The van der Waals surface area contributed by atoms with Crippen molar-refractivity contribution in [3.8, 4) is 5.75 Å². The van der Waals surface area contributed by atoms with Gasteiger partial charge < -0.3 is 20.5 Å². The second kappa shape index (κ2) is 9.38. The predicted molar refractivity (Wildman–Crippen MR) is 102 cm³/mol. The molecule has 7 heteroatoms. The fourth-order valence-electron chi connectivity index (χ4n) is 2.31. The highest BCUT2D eigenvalue weighted by atomic mass is 16.5. The van der Waals surface area contributed by atoms with Crippen LogP contribution in [0.4, 0.5) is 11.4 Å². The SMILES string of the molecule is CCC(=O)Nc1ccccc1COc1ccc(NC(=O)CC)c(C(=O)O)c1. The van der Waals surface area contributed by atoms with Crippen LogP contribution in [-0.2, 0) is 16.2 Å². The van der Waals surface area contributed by atoms with Crippen molar-refractivity contribution in [1.29, 1.82) is 0 Å². The zero-order chi connectivity index (χ0) is 19.8. The average molecular weight is 370 g/mol. The summed E-state index contributed by atoms with van der Waals surface area (Å²) in [4.78, 5) is 34.6. The molecule has 0 aliphatic heterocycles. The monoisotopic (exact) mass is 370 g/mol. The number of hydrogen-bond donors (Lipinski definition) is 3. The van der Waals surface area contributed by atoms with Gasteiger partial charge in [-0.25, -0.2) is 4.79 Å². The molecule has 0 saturated carbocycles. The third kappa shape index (κ3) is 5.57. The lowest BCUT2D eigenvalue weighted by atomic mass is 10.1. The van der Waals surface area contributed by atoms with Gasteiger partial charge in [-0.05, 0) is 24.3 Å². The third-order valence-electron chi connectivity index (χ3n) is 3.82. The van der Waals surface area contributed by atoms with E-state index in [1.165, 1.54) is 12.1 Å². The van der Waals surface area contributed by atoms with E-state index in [0.717, 1.165) is 5.56 Å². The van der Waals surface area contributed by atoms with E-state index in [2.05, 4.69) is 10.6 Å². The van der Waals surface area contributed by atoms with Crippen molar-refractivity contribution in [3.05, 3.63) is 53.6 Å². The Bertz CT molecular complexity index is 848. The van der Waals surface area contributed by atoms with Gasteiger partial charge in [-0.3, -0.25) is 9.59 Å². The number of ether oxygens (including phenoxy) is 1. The standard InChI is InChI=1S/C20H22N2O5/c1-3-18(23)21-16-8-6-5-7-13(16)12-27-14-9-10-17(22-19(24)4-2)15(11-14)20(25)26/h5-11H,3-4,12H2,1-2H3,(H,21,23)(H,22,24)(H,25,26). The molecule has 7 nitrogen and oxygen atoms in total. The first kappa shape index (κ1) is 20.0. The number of rotatable bonds is 8. The van der Waals surface area contributed by atoms with Crippen LogP contribution in [-0.4, -0.2) is 22.9 Å². The summed E-state index contributed by atoms with van der Waals surface area (Å²) in [6.07, 6.45) is 0.611. The minimum Gasteiger partial charge on any atom is -0.489 e. The molecular weight excluding hydrogens is 348 g/mol. The minimum atomic E-state index is -1.16. The Labute approximate surface area is 157 Å². The van der Waals surface area contributed by atoms with Crippen molar-refractivity contribution >= 4 is 29.2 Å². The van der Waals surface area contributed by atoms with Crippen molar-refractivity contribution in [1.82, 2.24) is 0 Å². The van der Waals surface area contributed by atoms with Crippen molar-refractivity contribution in [2.75, 3.05) is 10.6 Å². The summed E-state index contributed by atoms with van der Waals surface area (Å²) in [6, 6.07) is 11.7. The molecule has 2 rings (SSSR count). The fourth-order valence-corrected chi connectivity index (χ4v) is 2.31. The van der Waals surface area contributed by atoms with Crippen LogP contribution >= 0.6 is 0 Å². The number of carboxylic acid groups (broad SMARTS) is 1. The number of carboxylic acids is 1. The summed E-state index contributed by atoms with van der Waals surface area (Å²) in [7, 11) is 0. The molecule has 0 spiro atoms. The van der Waals surface area contributed by atoms with E-state index < -0.39 is 5.97 Å². The summed E-state index contributed by atoms with van der Waals surface area (Å²) in [5.74, 6) is -1.20. The molecule has 0 unspecified atom stereocenters. The Morgan fingerprint density at radius 1 is 0.926 bits per heavy atom. The number of hydrogen-bond acceptors (Lipinski definition) is 4. The van der Waals surface area contributed by atoms with Crippen LogP contribution in [0.25, 0.3) is 0 Å². The molecule has 0 aliphatic carbocycles. The summed E-state index contributed by atoms with van der Waals surface area (Å²) >= 11 is 0. The molecule has 0 saturated heterocycles. The average Bonchev–Trinajstić information content (AvgIpc) is 2.67. The Morgan fingerprint density at radius 2 is 1.56 bits per heavy atom. The van der Waals surface area contributed by atoms with Crippen LogP contribution in [0.15, 0.2) is 42.5 Å².